The number of hydrogen-bond acceptors (Lipinski definition) is 3. The van der Waals surface area contributed by atoms with Gasteiger partial charge < -0.3 is 15.0 Å². The average Bonchev–Trinajstić information content (AvgIpc) is 2.50. The molecule has 0 saturated carbocycles. The van der Waals surface area contributed by atoms with Crippen molar-refractivity contribution in [1.29, 1.82) is 0 Å². The van der Waals surface area contributed by atoms with Crippen molar-refractivity contribution >= 4 is 22.8 Å². The molecule has 0 unspecified atom stereocenters. The molecular formula is C19H24N2O3. The Morgan fingerprint density at radius 3 is 2.42 bits per heavy atom. The Hall–Kier alpha value is -2.56. The zero-order valence-electron chi connectivity index (χ0n) is 14.6. The van der Waals surface area contributed by atoms with Gasteiger partial charge in [-0.1, -0.05) is 36.4 Å². The zero-order valence-corrected chi connectivity index (χ0v) is 14.6. The molecule has 2 amide bonds. The van der Waals surface area contributed by atoms with Crippen LogP contribution in [0.1, 0.15) is 26.3 Å². The normalized spacial score (nSPS) is 11.2. The lowest BCUT2D eigenvalue weighted by molar-refractivity contribution is -0.129. The molecule has 2 rings (SSSR count). The fourth-order valence-electron chi connectivity index (χ4n) is 2.30. The molecule has 0 bridgehead atoms. The minimum atomic E-state index is -0.588. The van der Waals surface area contributed by atoms with Crippen LogP contribution in [0, 0.1) is 0 Å². The fraction of sp³-hybridized carbons (Fsp3) is 0.368. The van der Waals surface area contributed by atoms with Crippen molar-refractivity contribution in [2.75, 3.05) is 13.6 Å². The van der Waals surface area contributed by atoms with Gasteiger partial charge in [0.15, 0.2) is 0 Å². The molecule has 5 nitrogen and oxygen atoms in total. The summed E-state index contributed by atoms with van der Waals surface area (Å²) in [5, 5.41) is 4.79. The summed E-state index contributed by atoms with van der Waals surface area (Å²) in [4.78, 5) is 25.3. The third-order valence-corrected chi connectivity index (χ3v) is 3.44. The third-order valence-electron chi connectivity index (χ3n) is 3.44. The molecule has 128 valence electrons. The van der Waals surface area contributed by atoms with Gasteiger partial charge in [-0.25, -0.2) is 4.79 Å². The molecule has 0 saturated heterocycles. The molecule has 2 aromatic rings. The van der Waals surface area contributed by atoms with Gasteiger partial charge in [-0.3, -0.25) is 4.79 Å². The van der Waals surface area contributed by atoms with E-state index in [1.54, 1.807) is 32.7 Å². The highest BCUT2D eigenvalue weighted by Gasteiger charge is 2.17. The fourth-order valence-corrected chi connectivity index (χ4v) is 2.30. The minimum Gasteiger partial charge on any atom is -0.444 e. The number of nitrogens with zero attached hydrogens (tertiary/aromatic N) is 1. The Kier molecular flexibility index (Phi) is 5.44. The SMILES string of the molecule is CN(Cc1ccc2ccccc2c1)C(=O)CNC(=O)OC(C)(C)C. The number of fused-ring (bicyclic) bond motifs is 1. The highest BCUT2D eigenvalue weighted by molar-refractivity contribution is 5.84. The van der Waals surface area contributed by atoms with Crippen LogP contribution in [0.15, 0.2) is 42.5 Å². The Labute approximate surface area is 142 Å². The van der Waals surface area contributed by atoms with E-state index in [0.29, 0.717) is 6.54 Å². The molecule has 0 atom stereocenters. The zero-order chi connectivity index (χ0) is 17.7. The van der Waals surface area contributed by atoms with Gasteiger partial charge in [0.25, 0.3) is 0 Å². The van der Waals surface area contributed by atoms with Gasteiger partial charge in [-0.05, 0) is 43.2 Å². The lowest BCUT2D eigenvalue weighted by Gasteiger charge is -2.21. The van der Waals surface area contributed by atoms with Crippen LogP contribution < -0.4 is 5.32 Å². The summed E-state index contributed by atoms with van der Waals surface area (Å²) in [6.45, 7) is 5.74. The summed E-state index contributed by atoms with van der Waals surface area (Å²) in [6.07, 6.45) is -0.588. The van der Waals surface area contributed by atoms with Gasteiger partial charge in [-0.2, -0.15) is 0 Å². The summed E-state index contributed by atoms with van der Waals surface area (Å²) in [6, 6.07) is 14.2. The first-order valence-electron chi connectivity index (χ1n) is 7.93. The van der Waals surface area contributed by atoms with Gasteiger partial charge in [0.1, 0.15) is 12.1 Å². The van der Waals surface area contributed by atoms with Gasteiger partial charge >= 0.3 is 6.09 Å². The molecule has 0 heterocycles. The largest absolute Gasteiger partial charge is 0.444 e. The van der Waals surface area contributed by atoms with E-state index in [0.717, 1.165) is 10.9 Å². The predicted molar refractivity (Wildman–Crippen MR) is 94.7 cm³/mol. The number of carbonyl (C=O) groups excluding carboxylic acids is 2. The molecular weight excluding hydrogens is 304 g/mol. The summed E-state index contributed by atoms with van der Waals surface area (Å²) < 4.78 is 5.11. The summed E-state index contributed by atoms with van der Waals surface area (Å²) in [5.74, 6) is -0.172. The summed E-state index contributed by atoms with van der Waals surface area (Å²) in [5.41, 5.74) is 0.464. The van der Waals surface area contributed by atoms with Crippen molar-refractivity contribution in [2.24, 2.45) is 0 Å². The number of rotatable bonds is 4. The molecule has 5 heteroatoms. The second-order valence-corrected chi connectivity index (χ2v) is 6.79. The number of alkyl carbamates (subject to hydrolysis) is 1. The Balaban J connectivity index is 1.89. The van der Waals surface area contributed by atoms with Crippen LogP contribution in [0.4, 0.5) is 4.79 Å². The van der Waals surface area contributed by atoms with E-state index >= 15 is 0 Å². The minimum absolute atomic E-state index is 0.0843. The lowest BCUT2D eigenvalue weighted by atomic mass is 10.1. The number of ether oxygens (including phenoxy) is 1. The Morgan fingerprint density at radius 1 is 1.08 bits per heavy atom. The second kappa shape index (κ2) is 7.34. The lowest BCUT2D eigenvalue weighted by Crippen LogP contribution is -2.40. The van der Waals surface area contributed by atoms with Crippen molar-refractivity contribution < 1.29 is 14.3 Å². The van der Waals surface area contributed by atoms with Crippen LogP contribution in [-0.4, -0.2) is 36.1 Å². The predicted octanol–water partition coefficient (Wildman–Crippen LogP) is 3.32. The van der Waals surface area contributed by atoms with Crippen LogP contribution in [0.5, 0.6) is 0 Å². The molecule has 24 heavy (non-hydrogen) atoms. The number of benzene rings is 2. The van der Waals surface area contributed by atoms with E-state index < -0.39 is 11.7 Å². The molecule has 2 aromatic carbocycles. The standard InChI is InChI=1S/C19H24N2O3/c1-19(2,3)24-18(23)20-12-17(22)21(4)13-14-9-10-15-7-5-6-8-16(15)11-14/h5-11H,12-13H2,1-4H3,(H,20,23). The molecule has 0 spiro atoms. The van der Waals surface area contributed by atoms with Gasteiger partial charge in [0, 0.05) is 13.6 Å². The van der Waals surface area contributed by atoms with Crippen LogP contribution in [0.25, 0.3) is 10.8 Å². The summed E-state index contributed by atoms with van der Waals surface area (Å²) in [7, 11) is 1.72. The molecule has 0 aliphatic rings. The molecule has 0 aliphatic heterocycles. The first kappa shape index (κ1) is 17.8. The van der Waals surface area contributed by atoms with Crippen LogP contribution in [0.3, 0.4) is 0 Å². The first-order chi connectivity index (χ1) is 11.2. The van der Waals surface area contributed by atoms with Crippen molar-refractivity contribution in [1.82, 2.24) is 10.2 Å². The van der Waals surface area contributed by atoms with E-state index in [1.165, 1.54) is 5.39 Å². The molecule has 1 N–H and O–H groups in total. The number of likely N-dealkylation sites (N-methyl/N-ethyl adjacent to an activating group) is 1. The van der Waals surface area contributed by atoms with E-state index in [2.05, 4.69) is 17.4 Å². The van der Waals surface area contributed by atoms with Gasteiger partial charge in [0.05, 0.1) is 0 Å². The highest BCUT2D eigenvalue weighted by Crippen LogP contribution is 2.16. The van der Waals surface area contributed by atoms with Crippen LogP contribution in [0.2, 0.25) is 0 Å². The monoisotopic (exact) mass is 328 g/mol. The van der Waals surface area contributed by atoms with E-state index in [4.69, 9.17) is 4.74 Å². The molecule has 0 fully saturated rings. The highest BCUT2D eigenvalue weighted by atomic mass is 16.6. The third kappa shape index (κ3) is 5.26. The second-order valence-electron chi connectivity index (χ2n) is 6.79. The Bertz CT molecular complexity index is 735. The topological polar surface area (TPSA) is 58.6 Å². The smallest absolute Gasteiger partial charge is 0.408 e. The molecule has 0 aliphatic carbocycles. The molecule has 0 aromatic heterocycles. The van der Waals surface area contributed by atoms with Gasteiger partial charge in [-0.15, -0.1) is 0 Å². The number of carbonyl (C=O) groups is 2. The molecule has 0 radical (unpaired) electrons. The first-order valence-corrected chi connectivity index (χ1v) is 7.93. The van der Waals surface area contributed by atoms with Crippen LogP contribution >= 0.6 is 0 Å². The maximum atomic E-state index is 12.1. The average molecular weight is 328 g/mol. The van der Waals surface area contributed by atoms with Crippen molar-refractivity contribution in [3.05, 3.63) is 48.0 Å². The summed E-state index contributed by atoms with van der Waals surface area (Å²) >= 11 is 0. The van der Waals surface area contributed by atoms with Gasteiger partial charge in [0.2, 0.25) is 5.91 Å². The maximum Gasteiger partial charge on any atom is 0.408 e. The number of nitrogens with one attached hydrogen (secondary N) is 1. The van der Waals surface area contributed by atoms with E-state index in [-0.39, 0.29) is 12.5 Å². The van der Waals surface area contributed by atoms with E-state index in [9.17, 15) is 9.59 Å². The van der Waals surface area contributed by atoms with Crippen LogP contribution in [-0.2, 0) is 16.1 Å². The number of amides is 2. The van der Waals surface area contributed by atoms with Crippen molar-refractivity contribution in [3.63, 3.8) is 0 Å². The quantitative estimate of drug-likeness (QED) is 0.936. The number of hydrogen-bond donors (Lipinski definition) is 1. The van der Waals surface area contributed by atoms with Crippen molar-refractivity contribution in [3.8, 4) is 0 Å². The Morgan fingerprint density at radius 2 is 1.75 bits per heavy atom. The maximum absolute atomic E-state index is 12.1. The van der Waals surface area contributed by atoms with Crippen molar-refractivity contribution in [2.45, 2.75) is 32.9 Å². The van der Waals surface area contributed by atoms with E-state index in [1.807, 2.05) is 30.3 Å².